The number of aromatic nitrogens is 4. The molecule has 1 amide bonds. The highest BCUT2D eigenvalue weighted by Gasteiger charge is 2.18. The number of hydrogen-bond acceptors (Lipinski definition) is 5. The quantitative estimate of drug-likeness (QED) is 0.356. The molecule has 0 saturated heterocycles. The number of aryl methyl sites for hydroxylation is 1. The van der Waals surface area contributed by atoms with Crippen molar-refractivity contribution in [2.45, 2.75) is 18.6 Å². The smallest absolute Gasteiger partial charge is 0.263 e. The van der Waals surface area contributed by atoms with Gasteiger partial charge in [0.15, 0.2) is 5.16 Å². The van der Waals surface area contributed by atoms with Crippen molar-refractivity contribution in [2.75, 3.05) is 11.1 Å². The minimum atomic E-state index is -0.733. The van der Waals surface area contributed by atoms with Crippen molar-refractivity contribution < 1.29 is 13.6 Å². The van der Waals surface area contributed by atoms with Gasteiger partial charge in [0, 0.05) is 6.07 Å². The topological polar surface area (TPSA) is 81.3 Å². The molecule has 0 spiro atoms. The van der Waals surface area contributed by atoms with Gasteiger partial charge in [-0.15, -0.1) is 10.2 Å². The number of nitrogens with one attached hydrogen (secondary N) is 1. The molecule has 5 aromatic rings. The van der Waals surface area contributed by atoms with Gasteiger partial charge in [-0.25, -0.2) is 8.78 Å². The van der Waals surface area contributed by atoms with E-state index in [2.05, 4.69) is 15.5 Å². The molecule has 2 aromatic heterocycles. The average molecular weight is 492 g/mol. The molecule has 2 heterocycles. The molecular formula is C25H19F2N5O2S. The number of benzene rings is 3. The van der Waals surface area contributed by atoms with Crippen LogP contribution in [0.1, 0.15) is 11.1 Å². The van der Waals surface area contributed by atoms with Crippen LogP contribution < -0.4 is 10.9 Å². The van der Waals surface area contributed by atoms with E-state index in [-0.39, 0.29) is 17.0 Å². The molecule has 0 radical (unpaired) electrons. The second-order valence-corrected chi connectivity index (χ2v) is 8.92. The number of carbonyl (C=O) groups is 1. The van der Waals surface area contributed by atoms with Gasteiger partial charge < -0.3 is 5.32 Å². The molecule has 35 heavy (non-hydrogen) atoms. The van der Waals surface area contributed by atoms with Crippen LogP contribution in [0, 0.1) is 18.6 Å². The van der Waals surface area contributed by atoms with E-state index in [0.29, 0.717) is 28.4 Å². The number of hydrogen-bond donors (Lipinski definition) is 1. The molecular weight excluding hydrogens is 472 g/mol. The first-order valence-electron chi connectivity index (χ1n) is 10.7. The molecule has 176 valence electrons. The van der Waals surface area contributed by atoms with Crippen molar-refractivity contribution in [3.63, 3.8) is 0 Å². The predicted molar refractivity (Wildman–Crippen MR) is 131 cm³/mol. The van der Waals surface area contributed by atoms with E-state index >= 15 is 0 Å². The summed E-state index contributed by atoms with van der Waals surface area (Å²) in [4.78, 5) is 25.7. The third-order valence-corrected chi connectivity index (χ3v) is 6.40. The van der Waals surface area contributed by atoms with Crippen LogP contribution in [-0.2, 0) is 11.3 Å². The molecule has 10 heteroatoms. The fourth-order valence-electron chi connectivity index (χ4n) is 3.76. The second-order valence-electron chi connectivity index (χ2n) is 7.97. The number of nitrogens with zero attached hydrogens (tertiary/aromatic N) is 4. The van der Waals surface area contributed by atoms with E-state index in [9.17, 15) is 18.4 Å². The van der Waals surface area contributed by atoms with Crippen LogP contribution >= 0.6 is 11.8 Å². The first-order chi connectivity index (χ1) is 16.9. The summed E-state index contributed by atoms with van der Waals surface area (Å²) < 4.78 is 30.5. The third-order valence-electron chi connectivity index (χ3n) is 5.47. The molecule has 0 bridgehead atoms. The lowest BCUT2D eigenvalue weighted by Crippen LogP contribution is -2.24. The molecule has 0 aliphatic heterocycles. The van der Waals surface area contributed by atoms with Gasteiger partial charge in [0.1, 0.15) is 11.6 Å². The number of para-hydroxylation sites is 1. The van der Waals surface area contributed by atoms with Crippen molar-refractivity contribution >= 4 is 40.0 Å². The molecule has 7 nitrogen and oxygen atoms in total. The number of carbonyl (C=O) groups excluding carboxylic acids is 1. The van der Waals surface area contributed by atoms with Gasteiger partial charge in [0.2, 0.25) is 11.7 Å². The SMILES string of the molecule is Cc1ccc(Cn2c(=O)c3ccccc3n3c(SCC(=O)Nc4cc(F)ccc4F)nnc23)cc1. The van der Waals surface area contributed by atoms with E-state index in [1.165, 1.54) is 0 Å². The van der Waals surface area contributed by atoms with E-state index < -0.39 is 17.5 Å². The van der Waals surface area contributed by atoms with Gasteiger partial charge >= 0.3 is 0 Å². The normalized spacial score (nSPS) is 11.3. The fraction of sp³-hybridized carbons (Fsp3) is 0.120. The Morgan fingerprint density at radius 3 is 2.60 bits per heavy atom. The van der Waals surface area contributed by atoms with Crippen molar-refractivity contribution in [1.29, 1.82) is 0 Å². The second kappa shape index (κ2) is 9.30. The Morgan fingerprint density at radius 2 is 1.80 bits per heavy atom. The van der Waals surface area contributed by atoms with Crippen molar-refractivity contribution in [2.24, 2.45) is 0 Å². The summed E-state index contributed by atoms with van der Waals surface area (Å²) in [5, 5.41) is 11.7. The van der Waals surface area contributed by atoms with Crippen molar-refractivity contribution in [1.82, 2.24) is 19.2 Å². The summed E-state index contributed by atoms with van der Waals surface area (Å²) in [7, 11) is 0. The van der Waals surface area contributed by atoms with Crippen molar-refractivity contribution in [3.05, 3.63) is 99.8 Å². The minimum Gasteiger partial charge on any atom is -0.323 e. The van der Waals surface area contributed by atoms with Gasteiger partial charge in [0.25, 0.3) is 5.56 Å². The number of rotatable bonds is 6. The van der Waals surface area contributed by atoms with Crippen LogP contribution in [0.25, 0.3) is 16.7 Å². The average Bonchev–Trinajstić information content (AvgIpc) is 3.28. The van der Waals surface area contributed by atoms with Crippen LogP contribution in [-0.4, -0.2) is 30.8 Å². The zero-order valence-electron chi connectivity index (χ0n) is 18.5. The highest BCUT2D eigenvalue weighted by molar-refractivity contribution is 7.99. The van der Waals surface area contributed by atoms with E-state index in [1.54, 1.807) is 33.2 Å². The zero-order valence-corrected chi connectivity index (χ0v) is 19.4. The zero-order chi connectivity index (χ0) is 24.5. The maximum absolute atomic E-state index is 13.9. The standard InChI is InChI=1S/C25H19F2N5O2S/c1-15-6-8-16(9-7-15)13-31-23(34)18-4-2-3-5-21(18)32-24(31)29-30-25(32)35-14-22(33)28-20-12-17(26)10-11-19(20)27/h2-12H,13-14H2,1H3,(H,28,33). The number of amides is 1. The Hall–Kier alpha value is -4.05. The lowest BCUT2D eigenvalue weighted by Gasteiger charge is -2.11. The molecule has 0 aliphatic rings. The number of thioether (sulfide) groups is 1. The van der Waals surface area contributed by atoms with Gasteiger partial charge in [-0.1, -0.05) is 53.7 Å². The maximum atomic E-state index is 13.9. The minimum absolute atomic E-state index is 0.123. The molecule has 0 atom stereocenters. The fourth-order valence-corrected chi connectivity index (χ4v) is 4.50. The maximum Gasteiger partial charge on any atom is 0.263 e. The molecule has 0 fully saturated rings. The largest absolute Gasteiger partial charge is 0.323 e. The highest BCUT2D eigenvalue weighted by Crippen LogP contribution is 2.23. The van der Waals surface area contributed by atoms with Crippen LogP contribution in [0.15, 0.2) is 76.7 Å². The molecule has 1 N–H and O–H groups in total. The van der Waals surface area contributed by atoms with Crippen molar-refractivity contribution in [3.8, 4) is 0 Å². The summed E-state index contributed by atoms with van der Waals surface area (Å²) in [6.07, 6.45) is 0. The van der Waals surface area contributed by atoms with Crippen LogP contribution in [0.5, 0.6) is 0 Å². The van der Waals surface area contributed by atoms with Gasteiger partial charge in [-0.2, -0.15) is 0 Å². The number of halogens is 2. The first kappa shape index (κ1) is 22.7. The van der Waals surface area contributed by atoms with Crippen LogP contribution in [0.3, 0.4) is 0 Å². The molecule has 3 aromatic carbocycles. The van der Waals surface area contributed by atoms with Crippen LogP contribution in [0.4, 0.5) is 14.5 Å². The monoisotopic (exact) mass is 491 g/mol. The molecule has 5 rings (SSSR count). The Morgan fingerprint density at radius 1 is 1.03 bits per heavy atom. The van der Waals surface area contributed by atoms with Gasteiger partial charge in [0.05, 0.1) is 28.9 Å². The Balaban J connectivity index is 1.49. The molecule has 0 unspecified atom stereocenters. The molecule has 0 aliphatic carbocycles. The highest BCUT2D eigenvalue weighted by atomic mass is 32.2. The Kier molecular flexibility index (Phi) is 6.04. The van der Waals surface area contributed by atoms with Gasteiger partial charge in [-0.05, 0) is 36.8 Å². The van der Waals surface area contributed by atoms with E-state index in [4.69, 9.17) is 0 Å². The number of anilines is 1. The first-order valence-corrected chi connectivity index (χ1v) is 11.7. The lowest BCUT2D eigenvalue weighted by molar-refractivity contribution is -0.113. The Labute approximate surface area is 202 Å². The van der Waals surface area contributed by atoms with Crippen LogP contribution in [0.2, 0.25) is 0 Å². The van der Waals surface area contributed by atoms with Gasteiger partial charge in [-0.3, -0.25) is 18.6 Å². The summed E-state index contributed by atoms with van der Waals surface area (Å²) in [6.45, 7) is 2.29. The third kappa shape index (κ3) is 4.52. The summed E-state index contributed by atoms with van der Waals surface area (Å²) >= 11 is 1.08. The van der Waals surface area contributed by atoms with E-state index in [0.717, 1.165) is 41.1 Å². The van der Waals surface area contributed by atoms with E-state index in [1.807, 2.05) is 31.2 Å². The Bertz CT molecular complexity index is 1630. The summed E-state index contributed by atoms with van der Waals surface area (Å²) in [5.41, 5.74) is 2.22. The predicted octanol–water partition coefficient (Wildman–Crippen LogP) is 4.41. The lowest BCUT2D eigenvalue weighted by atomic mass is 10.1. The summed E-state index contributed by atoms with van der Waals surface area (Å²) in [6, 6.07) is 17.8. The summed E-state index contributed by atoms with van der Waals surface area (Å²) in [5.74, 6) is -1.70. The molecule has 0 saturated carbocycles. The number of fused-ring (bicyclic) bond motifs is 3.